The zero-order valence-corrected chi connectivity index (χ0v) is 45.3. The van der Waals surface area contributed by atoms with Gasteiger partial charge >= 0.3 is 0 Å². The fourth-order valence-electron chi connectivity index (χ4n) is 12.9. The molecule has 4 aliphatic rings. The van der Waals surface area contributed by atoms with Gasteiger partial charge in [0.05, 0.1) is 0 Å². The summed E-state index contributed by atoms with van der Waals surface area (Å²) in [5.41, 5.74) is 11.5. The van der Waals surface area contributed by atoms with Gasteiger partial charge in [-0.25, -0.2) is 0 Å². The lowest BCUT2D eigenvalue weighted by Crippen LogP contribution is -2.27. The molecule has 374 valence electrons. The number of rotatable bonds is 22. The Balaban J connectivity index is 1.28. The third-order valence-electron chi connectivity index (χ3n) is 16.5. The fraction of sp³-hybridized carbons (Fsp3) is 0.394. The minimum atomic E-state index is -0.261. The largest absolute Gasteiger partial charge is 0.289 e. The van der Waals surface area contributed by atoms with E-state index < -0.39 is 0 Å². The van der Waals surface area contributed by atoms with Crippen molar-refractivity contribution in [3.05, 3.63) is 149 Å². The summed E-state index contributed by atoms with van der Waals surface area (Å²) in [5.74, 6) is -0.310. The minimum absolute atomic E-state index is 0.0484. The van der Waals surface area contributed by atoms with Crippen LogP contribution >= 0.6 is 22.7 Å². The fourth-order valence-corrected chi connectivity index (χ4v) is 15.3. The molecule has 0 unspecified atom stereocenters. The summed E-state index contributed by atoms with van der Waals surface area (Å²) in [6, 6.07) is 33.0. The van der Waals surface area contributed by atoms with Crippen LogP contribution in [0.25, 0.3) is 44.2 Å². The number of allylic oxidation sites excluding steroid dienone is 6. The van der Waals surface area contributed by atoms with E-state index in [2.05, 4.69) is 76.2 Å². The molecule has 0 saturated heterocycles. The van der Waals surface area contributed by atoms with Crippen LogP contribution in [0.3, 0.4) is 0 Å². The number of ketones is 2. The molecule has 9 rings (SSSR count). The summed E-state index contributed by atoms with van der Waals surface area (Å²) in [6.07, 6.45) is 26.3. The number of nitrogens with zero attached hydrogens (tertiary/aromatic N) is 4. The van der Waals surface area contributed by atoms with E-state index in [4.69, 9.17) is 0 Å². The Bertz CT molecular complexity index is 3060. The SMILES string of the molecule is CCCCCCC1(CCCCCC)c2cc3c(cc2-c2sc(C=C4C(=O)c5ccccc5C4=C(C#N)C#N)cc21)C(CCCCCC)(CCCCCC)c1cc(C=C2C(=O)c4ccccc4C2=C(C#N)C#N)sc1-3. The van der Waals surface area contributed by atoms with Gasteiger partial charge in [0, 0.05) is 63.8 Å². The summed E-state index contributed by atoms with van der Waals surface area (Å²) in [4.78, 5) is 33.0. The number of nitriles is 4. The van der Waals surface area contributed by atoms with Crippen molar-refractivity contribution in [1.82, 2.24) is 0 Å². The smallest absolute Gasteiger partial charge is 0.194 e. The lowest BCUT2D eigenvalue weighted by atomic mass is 9.68. The third kappa shape index (κ3) is 9.21. The average molecular weight is 1010 g/mol. The van der Waals surface area contributed by atoms with Crippen molar-refractivity contribution in [2.75, 3.05) is 0 Å². The van der Waals surface area contributed by atoms with E-state index in [-0.39, 0.29) is 33.5 Å². The molecule has 0 N–H and O–H groups in total. The Morgan fingerprint density at radius 2 is 0.757 bits per heavy atom. The maximum Gasteiger partial charge on any atom is 0.194 e. The third-order valence-corrected chi connectivity index (χ3v) is 18.7. The molecule has 0 spiro atoms. The maximum absolute atomic E-state index is 14.3. The first kappa shape index (κ1) is 52.2. The summed E-state index contributed by atoms with van der Waals surface area (Å²) in [7, 11) is 0. The number of Topliss-reactive ketones (excluding diaryl/α,β-unsaturated/α-hetero) is 2. The number of carbonyl (C=O) groups excluding carboxylic acids is 2. The minimum Gasteiger partial charge on any atom is -0.289 e. The van der Waals surface area contributed by atoms with Crippen LogP contribution in [-0.4, -0.2) is 11.6 Å². The van der Waals surface area contributed by atoms with E-state index in [9.17, 15) is 30.6 Å². The predicted molar refractivity (Wildman–Crippen MR) is 303 cm³/mol. The quantitative estimate of drug-likeness (QED) is 0.0386. The Kier molecular flexibility index (Phi) is 16.1. The van der Waals surface area contributed by atoms with Crippen molar-refractivity contribution >= 4 is 57.5 Å². The standard InChI is InChI=1S/C66H66N4O2S2/c1-5-9-13-21-29-65(30-22-14-10-6-2)55-37-52-56(38-51(55)63-57(65)35-45(73-63)33-53-59(43(39-67)40-68)47-25-17-19-27-49(47)61(53)71)66(31-23-15-11-7-3,32-24-16-12-8-4)58-36-46(74-64(52)58)34-54-60(44(41-69)42-70)48-26-18-20-28-50(48)62(54)72/h17-20,25-28,33-38H,5-16,21-24,29-32H2,1-4H3. The molecule has 0 radical (unpaired) electrons. The second kappa shape index (κ2) is 22.8. The van der Waals surface area contributed by atoms with Crippen LogP contribution in [0.2, 0.25) is 0 Å². The molecule has 3 aromatic carbocycles. The average Bonchev–Trinajstić information content (AvgIpc) is 4.25. The summed E-state index contributed by atoms with van der Waals surface area (Å²) < 4.78 is 0. The zero-order valence-electron chi connectivity index (χ0n) is 43.6. The van der Waals surface area contributed by atoms with Crippen molar-refractivity contribution in [2.24, 2.45) is 0 Å². The molecule has 2 heterocycles. The highest BCUT2D eigenvalue weighted by Crippen LogP contribution is 2.64. The number of fused-ring (bicyclic) bond motifs is 8. The number of carbonyl (C=O) groups is 2. The molecule has 2 aromatic heterocycles. The van der Waals surface area contributed by atoms with Crippen LogP contribution in [0.4, 0.5) is 0 Å². The molecule has 5 aromatic rings. The van der Waals surface area contributed by atoms with Crippen molar-refractivity contribution in [1.29, 1.82) is 21.0 Å². The van der Waals surface area contributed by atoms with Gasteiger partial charge in [-0.05, 0) is 107 Å². The molecule has 0 amide bonds. The first-order chi connectivity index (χ1) is 36.2. The van der Waals surface area contributed by atoms with E-state index >= 15 is 0 Å². The molecule has 4 aliphatic carbocycles. The van der Waals surface area contributed by atoms with Crippen LogP contribution in [0.15, 0.2) is 95.1 Å². The zero-order chi connectivity index (χ0) is 52.0. The molecule has 0 saturated carbocycles. The van der Waals surface area contributed by atoms with Gasteiger partial charge in [-0.3, -0.25) is 9.59 Å². The van der Waals surface area contributed by atoms with Gasteiger partial charge in [0.1, 0.15) is 35.4 Å². The number of benzene rings is 3. The molecular weight excluding hydrogens is 945 g/mol. The lowest BCUT2D eigenvalue weighted by Gasteiger charge is -2.34. The molecule has 0 aliphatic heterocycles. The van der Waals surface area contributed by atoms with Gasteiger partial charge in [-0.2, -0.15) is 21.0 Å². The van der Waals surface area contributed by atoms with Crippen molar-refractivity contribution in [2.45, 2.75) is 167 Å². The topological polar surface area (TPSA) is 129 Å². The Hall–Kier alpha value is -6.68. The Morgan fingerprint density at radius 1 is 0.432 bits per heavy atom. The summed E-state index contributed by atoms with van der Waals surface area (Å²) in [6.45, 7) is 9.07. The number of hydrogen-bond donors (Lipinski definition) is 0. The number of thiophene rings is 2. The van der Waals surface area contributed by atoms with E-state index in [1.54, 1.807) is 34.8 Å². The first-order valence-corrected chi connectivity index (χ1v) is 29.1. The first-order valence-electron chi connectivity index (χ1n) is 27.5. The maximum atomic E-state index is 14.3. The van der Waals surface area contributed by atoms with Gasteiger partial charge in [0.25, 0.3) is 0 Å². The Labute approximate surface area is 447 Å². The van der Waals surface area contributed by atoms with Crippen molar-refractivity contribution in [3.8, 4) is 45.2 Å². The monoisotopic (exact) mass is 1010 g/mol. The molecule has 74 heavy (non-hydrogen) atoms. The van der Waals surface area contributed by atoms with Gasteiger partial charge in [-0.1, -0.05) is 179 Å². The van der Waals surface area contributed by atoms with E-state index in [0.717, 1.165) is 112 Å². The Morgan fingerprint density at radius 3 is 1.07 bits per heavy atom. The van der Waals surface area contributed by atoms with Crippen molar-refractivity contribution in [3.63, 3.8) is 0 Å². The van der Waals surface area contributed by atoms with E-state index in [0.29, 0.717) is 44.5 Å². The van der Waals surface area contributed by atoms with Crippen LogP contribution in [0.1, 0.15) is 220 Å². The van der Waals surface area contributed by atoms with Gasteiger partial charge in [0.2, 0.25) is 0 Å². The number of hydrogen-bond acceptors (Lipinski definition) is 8. The summed E-state index contributed by atoms with van der Waals surface area (Å²) in [5, 5.41) is 40.8. The van der Waals surface area contributed by atoms with Crippen LogP contribution in [0.5, 0.6) is 0 Å². The highest BCUT2D eigenvalue weighted by Gasteiger charge is 2.49. The number of unbranched alkanes of at least 4 members (excludes halogenated alkanes) is 12. The summed E-state index contributed by atoms with van der Waals surface area (Å²) >= 11 is 3.50. The lowest BCUT2D eigenvalue weighted by molar-refractivity contribution is 0.103. The predicted octanol–water partition coefficient (Wildman–Crippen LogP) is 18.4. The highest BCUT2D eigenvalue weighted by molar-refractivity contribution is 7.17. The van der Waals surface area contributed by atoms with Crippen LogP contribution < -0.4 is 0 Å². The van der Waals surface area contributed by atoms with E-state index in [1.807, 2.05) is 48.6 Å². The molecule has 0 fully saturated rings. The van der Waals surface area contributed by atoms with Gasteiger partial charge in [-0.15, -0.1) is 22.7 Å². The molecule has 0 bridgehead atoms. The van der Waals surface area contributed by atoms with E-state index in [1.165, 1.54) is 68.8 Å². The molecular formula is C66H66N4O2S2. The molecule has 0 atom stereocenters. The second-order valence-corrected chi connectivity index (χ2v) is 23.1. The van der Waals surface area contributed by atoms with Crippen molar-refractivity contribution < 1.29 is 9.59 Å². The normalized spacial score (nSPS) is 16.1. The molecule has 6 nitrogen and oxygen atoms in total. The van der Waals surface area contributed by atoms with Gasteiger partial charge in [0.15, 0.2) is 11.6 Å². The molecule has 8 heteroatoms. The van der Waals surface area contributed by atoms with Gasteiger partial charge < -0.3 is 0 Å². The second-order valence-electron chi connectivity index (χ2n) is 20.9. The van der Waals surface area contributed by atoms with Crippen LogP contribution in [0, 0.1) is 45.3 Å². The highest BCUT2D eigenvalue weighted by atomic mass is 32.1. The van der Waals surface area contributed by atoms with Crippen LogP contribution in [-0.2, 0) is 10.8 Å².